The fourth-order valence-corrected chi connectivity index (χ4v) is 2.79. The van der Waals surface area contributed by atoms with Crippen molar-refractivity contribution < 1.29 is 0 Å². The summed E-state index contributed by atoms with van der Waals surface area (Å²) in [7, 11) is 0. The van der Waals surface area contributed by atoms with Gasteiger partial charge in [0.1, 0.15) is 0 Å². The van der Waals surface area contributed by atoms with Crippen LogP contribution in [-0.2, 0) is 0 Å². The molecule has 0 amide bonds. The van der Waals surface area contributed by atoms with Crippen molar-refractivity contribution in [2.45, 2.75) is 24.6 Å². The molecule has 15 heavy (non-hydrogen) atoms. The summed E-state index contributed by atoms with van der Waals surface area (Å²) >= 11 is 3.77. The summed E-state index contributed by atoms with van der Waals surface area (Å²) in [5.41, 5.74) is 1.41. The molecule has 0 N–H and O–H groups in total. The first-order valence-electron chi connectivity index (χ1n) is 5.44. The minimum atomic E-state index is 0.480. The Bertz CT molecular complexity index is 443. The van der Waals surface area contributed by atoms with Crippen LogP contribution in [0.25, 0.3) is 10.8 Å². The van der Waals surface area contributed by atoms with Crippen LogP contribution in [0.5, 0.6) is 0 Å². The highest BCUT2D eigenvalue weighted by Gasteiger charge is 2.08. The molecule has 0 nitrogen and oxygen atoms in total. The van der Waals surface area contributed by atoms with E-state index in [-0.39, 0.29) is 0 Å². The lowest BCUT2D eigenvalue weighted by molar-refractivity contribution is 0.792. The third-order valence-corrected chi connectivity index (χ3v) is 3.65. The molecule has 1 atom stereocenters. The van der Waals surface area contributed by atoms with Crippen LogP contribution in [0.4, 0.5) is 0 Å². The van der Waals surface area contributed by atoms with Gasteiger partial charge in [-0.25, -0.2) is 0 Å². The molecule has 78 valence electrons. The van der Waals surface area contributed by atoms with E-state index in [1.807, 2.05) is 0 Å². The minimum Gasteiger partial charge on any atom is -0.0839 e. The van der Waals surface area contributed by atoms with Crippen molar-refractivity contribution in [3.05, 3.63) is 48.0 Å². The van der Waals surface area contributed by atoms with Crippen LogP contribution in [0, 0.1) is 0 Å². The van der Waals surface area contributed by atoms with Crippen molar-refractivity contribution in [3.63, 3.8) is 0 Å². The summed E-state index contributed by atoms with van der Waals surface area (Å²) in [5.74, 6) is 0. The highest BCUT2D eigenvalue weighted by atomic mass is 79.9. The van der Waals surface area contributed by atoms with Gasteiger partial charge in [-0.05, 0) is 22.8 Å². The Morgan fingerprint density at radius 1 is 1.07 bits per heavy atom. The first-order valence-corrected chi connectivity index (χ1v) is 6.36. The maximum Gasteiger partial charge on any atom is 0.0401 e. The van der Waals surface area contributed by atoms with Gasteiger partial charge in [-0.1, -0.05) is 71.7 Å². The van der Waals surface area contributed by atoms with Crippen LogP contribution < -0.4 is 0 Å². The zero-order valence-corrected chi connectivity index (χ0v) is 10.5. The maximum absolute atomic E-state index is 3.77. The predicted octanol–water partition coefficient (Wildman–Crippen LogP) is 5.08. The van der Waals surface area contributed by atoms with E-state index in [1.54, 1.807) is 0 Å². The van der Waals surface area contributed by atoms with E-state index in [4.69, 9.17) is 0 Å². The smallest absolute Gasteiger partial charge is 0.0401 e. The topological polar surface area (TPSA) is 0 Å². The molecule has 0 spiro atoms. The maximum atomic E-state index is 3.77. The van der Waals surface area contributed by atoms with Crippen LogP contribution in [0.1, 0.15) is 30.2 Å². The van der Waals surface area contributed by atoms with Gasteiger partial charge >= 0.3 is 0 Å². The second-order valence-electron chi connectivity index (χ2n) is 3.82. The van der Waals surface area contributed by atoms with Crippen molar-refractivity contribution >= 4 is 26.7 Å². The molecule has 0 saturated heterocycles. The van der Waals surface area contributed by atoms with Gasteiger partial charge in [-0.3, -0.25) is 0 Å². The number of hydrogen-bond donors (Lipinski definition) is 0. The lowest BCUT2D eigenvalue weighted by Crippen LogP contribution is -1.90. The van der Waals surface area contributed by atoms with Gasteiger partial charge in [0.25, 0.3) is 0 Å². The average Bonchev–Trinajstić information content (AvgIpc) is 2.28. The second-order valence-corrected chi connectivity index (χ2v) is 4.93. The molecule has 0 aliphatic rings. The van der Waals surface area contributed by atoms with Gasteiger partial charge in [0, 0.05) is 4.83 Å². The van der Waals surface area contributed by atoms with Crippen LogP contribution in [0.3, 0.4) is 0 Å². The van der Waals surface area contributed by atoms with Gasteiger partial charge < -0.3 is 0 Å². The highest BCUT2D eigenvalue weighted by Crippen LogP contribution is 2.32. The van der Waals surface area contributed by atoms with Crippen LogP contribution in [0.2, 0.25) is 0 Å². The summed E-state index contributed by atoms with van der Waals surface area (Å²) in [6, 6.07) is 15.1. The van der Waals surface area contributed by atoms with E-state index in [0.29, 0.717) is 4.83 Å². The van der Waals surface area contributed by atoms with Crippen molar-refractivity contribution in [3.8, 4) is 0 Å². The Morgan fingerprint density at radius 3 is 2.60 bits per heavy atom. The van der Waals surface area contributed by atoms with Crippen LogP contribution in [-0.4, -0.2) is 0 Å². The minimum absolute atomic E-state index is 0.480. The van der Waals surface area contributed by atoms with Crippen molar-refractivity contribution in [2.24, 2.45) is 0 Å². The van der Waals surface area contributed by atoms with Gasteiger partial charge in [0.05, 0.1) is 0 Å². The Kier molecular flexibility index (Phi) is 3.42. The van der Waals surface area contributed by atoms with Crippen LogP contribution in [0.15, 0.2) is 42.5 Å². The lowest BCUT2D eigenvalue weighted by Gasteiger charge is -2.11. The summed E-state index contributed by atoms with van der Waals surface area (Å²) in [6.07, 6.45) is 2.40. The number of benzene rings is 2. The SMILES string of the molecule is CCCC(Br)c1cccc2ccccc12. The first-order chi connectivity index (χ1) is 7.33. The largest absolute Gasteiger partial charge is 0.0839 e. The molecule has 1 heteroatoms. The molecular weight excluding hydrogens is 248 g/mol. The average molecular weight is 263 g/mol. The third kappa shape index (κ3) is 2.23. The summed E-state index contributed by atoms with van der Waals surface area (Å²) in [5, 5.41) is 2.70. The van der Waals surface area contributed by atoms with E-state index in [0.717, 1.165) is 0 Å². The summed E-state index contributed by atoms with van der Waals surface area (Å²) in [6.45, 7) is 2.22. The molecule has 0 aliphatic carbocycles. The molecule has 1 unspecified atom stereocenters. The van der Waals surface area contributed by atoms with Crippen LogP contribution >= 0.6 is 15.9 Å². The molecule has 0 aromatic heterocycles. The molecule has 0 fully saturated rings. The molecule has 0 saturated carbocycles. The van der Waals surface area contributed by atoms with Gasteiger partial charge in [0.2, 0.25) is 0 Å². The normalized spacial score (nSPS) is 12.9. The molecular formula is C14H15Br. The molecule has 2 aromatic carbocycles. The fraction of sp³-hybridized carbons (Fsp3) is 0.286. The molecule has 0 heterocycles. The Hall–Kier alpha value is -0.820. The van der Waals surface area contributed by atoms with Gasteiger partial charge in [-0.2, -0.15) is 0 Å². The third-order valence-electron chi connectivity index (χ3n) is 2.70. The second kappa shape index (κ2) is 4.80. The van der Waals surface area contributed by atoms with E-state index >= 15 is 0 Å². The van der Waals surface area contributed by atoms with Crippen molar-refractivity contribution in [2.75, 3.05) is 0 Å². The van der Waals surface area contributed by atoms with E-state index < -0.39 is 0 Å². The number of fused-ring (bicyclic) bond motifs is 1. The fourth-order valence-electron chi connectivity index (χ4n) is 1.93. The Morgan fingerprint density at radius 2 is 1.80 bits per heavy atom. The highest BCUT2D eigenvalue weighted by molar-refractivity contribution is 9.09. The van der Waals surface area contributed by atoms with E-state index in [9.17, 15) is 0 Å². The molecule has 2 aromatic rings. The zero-order chi connectivity index (χ0) is 10.7. The van der Waals surface area contributed by atoms with Crippen molar-refractivity contribution in [1.29, 1.82) is 0 Å². The molecule has 0 aliphatic heterocycles. The molecule has 2 rings (SSSR count). The standard InChI is InChI=1S/C14H15Br/c1-2-6-14(15)13-10-5-8-11-7-3-4-9-12(11)13/h3-5,7-10,14H,2,6H2,1H3. The quantitative estimate of drug-likeness (QED) is 0.678. The van der Waals surface area contributed by atoms with Crippen molar-refractivity contribution in [1.82, 2.24) is 0 Å². The number of alkyl halides is 1. The Balaban J connectivity index is 2.50. The molecule has 0 bridgehead atoms. The summed E-state index contributed by atoms with van der Waals surface area (Å²) in [4.78, 5) is 0.480. The van der Waals surface area contributed by atoms with Gasteiger partial charge in [0.15, 0.2) is 0 Å². The number of halogens is 1. The first kappa shape index (κ1) is 10.7. The zero-order valence-electron chi connectivity index (χ0n) is 8.91. The number of rotatable bonds is 3. The molecule has 0 radical (unpaired) electrons. The summed E-state index contributed by atoms with van der Waals surface area (Å²) < 4.78 is 0. The van der Waals surface area contributed by atoms with E-state index in [1.165, 1.54) is 29.2 Å². The van der Waals surface area contributed by atoms with Gasteiger partial charge in [-0.15, -0.1) is 0 Å². The van der Waals surface area contributed by atoms with E-state index in [2.05, 4.69) is 65.3 Å². The lowest BCUT2D eigenvalue weighted by atomic mass is 10.0. The Labute approximate surface area is 99.4 Å². The number of hydrogen-bond acceptors (Lipinski definition) is 0. The predicted molar refractivity (Wildman–Crippen MR) is 70.5 cm³/mol. The monoisotopic (exact) mass is 262 g/mol.